The Hall–Kier alpha value is -1.38. The maximum Gasteiger partial charge on any atom is 0.129 e. The Balaban J connectivity index is 1.18. The van der Waals surface area contributed by atoms with Gasteiger partial charge in [0.25, 0.3) is 0 Å². The van der Waals surface area contributed by atoms with Gasteiger partial charge in [-0.25, -0.2) is 0 Å². The zero-order valence-electron chi connectivity index (χ0n) is 20.6. The number of hydrogen-bond donors (Lipinski definition) is 0. The third kappa shape index (κ3) is 4.13. The third-order valence-corrected chi connectivity index (χ3v) is 10.8. The molecule has 2 aromatic carbocycles. The molecule has 3 aliphatic carbocycles. The quantitative estimate of drug-likeness (QED) is 0.368. The molecule has 2 nitrogen and oxygen atoms in total. The summed E-state index contributed by atoms with van der Waals surface area (Å²) >= 11 is 14.6. The molecule has 0 amide bonds. The standard InChI is InChI=1S/C30H38Cl2O2/c1-3-33-26-9-5-22(6-10-26)24-13-17-28(18-14-24)21-29(30(28,31)32)19-15-25(16-20-29)23-7-11-27(12-8-23)34-4-2/h5-12,24-25H,3-4,13-21H2,1-2H3. The van der Waals surface area contributed by atoms with Crippen LogP contribution in [0.3, 0.4) is 0 Å². The molecule has 2 aromatic rings. The molecule has 0 atom stereocenters. The van der Waals surface area contributed by atoms with Gasteiger partial charge in [-0.05, 0) is 119 Å². The third-order valence-electron chi connectivity index (χ3n) is 9.22. The number of alkyl halides is 2. The number of halogens is 2. The Labute approximate surface area is 215 Å². The molecule has 0 N–H and O–H groups in total. The van der Waals surface area contributed by atoms with E-state index in [1.54, 1.807) is 0 Å². The smallest absolute Gasteiger partial charge is 0.129 e. The largest absolute Gasteiger partial charge is 0.494 e. The minimum atomic E-state index is -0.590. The second-order valence-electron chi connectivity index (χ2n) is 10.9. The Kier molecular flexibility index (Phi) is 6.85. The number of rotatable bonds is 6. The lowest BCUT2D eigenvalue weighted by Crippen LogP contribution is -2.66. The Morgan fingerprint density at radius 1 is 0.647 bits per heavy atom. The summed E-state index contributed by atoms with van der Waals surface area (Å²) < 4.78 is 10.6. The van der Waals surface area contributed by atoms with Crippen molar-refractivity contribution < 1.29 is 9.47 Å². The van der Waals surface area contributed by atoms with Gasteiger partial charge in [0.15, 0.2) is 0 Å². The van der Waals surface area contributed by atoms with Crippen molar-refractivity contribution in [3.05, 3.63) is 59.7 Å². The van der Waals surface area contributed by atoms with Crippen molar-refractivity contribution >= 4 is 23.2 Å². The van der Waals surface area contributed by atoms with E-state index in [0.717, 1.165) is 37.2 Å². The second kappa shape index (κ2) is 9.58. The van der Waals surface area contributed by atoms with Crippen LogP contribution in [0, 0.1) is 10.8 Å². The molecular formula is C30H38Cl2O2. The molecule has 5 rings (SSSR count). The Morgan fingerprint density at radius 3 is 1.29 bits per heavy atom. The number of ether oxygens (including phenoxy) is 2. The molecule has 3 fully saturated rings. The van der Waals surface area contributed by atoms with Crippen LogP contribution < -0.4 is 9.47 Å². The van der Waals surface area contributed by atoms with Gasteiger partial charge < -0.3 is 9.47 Å². The van der Waals surface area contributed by atoms with E-state index in [4.69, 9.17) is 32.7 Å². The molecule has 0 unspecified atom stereocenters. The van der Waals surface area contributed by atoms with Crippen LogP contribution in [0.5, 0.6) is 11.5 Å². The highest BCUT2D eigenvalue weighted by atomic mass is 35.5. The maximum absolute atomic E-state index is 7.31. The topological polar surface area (TPSA) is 18.5 Å². The summed E-state index contributed by atoms with van der Waals surface area (Å²) in [4.78, 5) is 0. The summed E-state index contributed by atoms with van der Waals surface area (Å²) in [6.45, 7) is 5.47. The number of hydrogen-bond acceptors (Lipinski definition) is 2. The Bertz CT molecular complexity index is 873. The predicted molar refractivity (Wildman–Crippen MR) is 142 cm³/mol. The van der Waals surface area contributed by atoms with E-state index in [1.807, 2.05) is 13.8 Å². The van der Waals surface area contributed by atoms with Crippen molar-refractivity contribution in [2.75, 3.05) is 13.2 Å². The first kappa shape index (κ1) is 24.3. The van der Waals surface area contributed by atoms with E-state index in [-0.39, 0.29) is 10.8 Å². The van der Waals surface area contributed by atoms with Crippen molar-refractivity contribution in [2.24, 2.45) is 10.8 Å². The predicted octanol–water partition coefficient (Wildman–Crippen LogP) is 9.05. The van der Waals surface area contributed by atoms with Crippen LogP contribution in [-0.4, -0.2) is 17.5 Å². The highest BCUT2D eigenvalue weighted by Gasteiger charge is 2.72. The van der Waals surface area contributed by atoms with Crippen LogP contribution in [-0.2, 0) is 0 Å². The minimum Gasteiger partial charge on any atom is -0.494 e. The van der Waals surface area contributed by atoms with Crippen LogP contribution in [0.15, 0.2) is 48.5 Å². The molecule has 0 aliphatic heterocycles. The summed E-state index contributed by atoms with van der Waals surface area (Å²) in [6, 6.07) is 17.4. The molecule has 0 aromatic heterocycles. The average molecular weight is 502 g/mol. The van der Waals surface area contributed by atoms with Crippen LogP contribution in [0.25, 0.3) is 0 Å². The highest BCUT2D eigenvalue weighted by molar-refractivity contribution is 6.50. The first-order valence-corrected chi connectivity index (χ1v) is 14.0. The van der Waals surface area contributed by atoms with Crippen LogP contribution in [0.1, 0.15) is 94.6 Å². The molecule has 3 saturated carbocycles. The van der Waals surface area contributed by atoms with Crippen molar-refractivity contribution in [3.63, 3.8) is 0 Å². The van der Waals surface area contributed by atoms with E-state index < -0.39 is 4.33 Å². The summed E-state index contributed by atoms with van der Waals surface area (Å²) in [5.74, 6) is 3.14. The van der Waals surface area contributed by atoms with Crippen molar-refractivity contribution in [2.45, 2.75) is 87.8 Å². The van der Waals surface area contributed by atoms with Crippen molar-refractivity contribution in [1.82, 2.24) is 0 Å². The van der Waals surface area contributed by atoms with Crippen LogP contribution in [0.2, 0.25) is 0 Å². The normalized spacial score (nSPS) is 32.4. The van der Waals surface area contributed by atoms with E-state index in [2.05, 4.69) is 48.5 Å². The molecule has 3 aliphatic rings. The first-order chi connectivity index (χ1) is 16.4. The van der Waals surface area contributed by atoms with Gasteiger partial charge in [-0.1, -0.05) is 24.3 Å². The molecule has 184 valence electrons. The molecule has 0 heterocycles. The maximum atomic E-state index is 7.31. The molecule has 2 spiro atoms. The molecular weight excluding hydrogens is 463 g/mol. The molecule has 0 radical (unpaired) electrons. The van der Waals surface area contributed by atoms with Crippen molar-refractivity contribution in [3.8, 4) is 11.5 Å². The van der Waals surface area contributed by atoms with Crippen LogP contribution in [0.4, 0.5) is 0 Å². The lowest BCUT2D eigenvalue weighted by molar-refractivity contribution is -0.107. The fourth-order valence-electron chi connectivity index (χ4n) is 7.32. The van der Waals surface area contributed by atoms with Gasteiger partial charge in [-0.2, -0.15) is 0 Å². The van der Waals surface area contributed by atoms with Gasteiger partial charge in [-0.15, -0.1) is 23.2 Å². The summed E-state index contributed by atoms with van der Waals surface area (Å²) in [7, 11) is 0. The van der Waals surface area contributed by atoms with E-state index in [0.29, 0.717) is 25.0 Å². The number of benzene rings is 2. The van der Waals surface area contributed by atoms with E-state index in [9.17, 15) is 0 Å². The van der Waals surface area contributed by atoms with E-state index >= 15 is 0 Å². The van der Waals surface area contributed by atoms with Crippen molar-refractivity contribution in [1.29, 1.82) is 0 Å². The van der Waals surface area contributed by atoms with E-state index in [1.165, 1.54) is 43.2 Å². The SMILES string of the molecule is CCOc1ccc(C2CCC3(CC2)CC2(CCC(c4ccc(OCC)cc4)CC2)C3(Cl)Cl)cc1. The summed E-state index contributed by atoms with van der Waals surface area (Å²) in [6.07, 6.45) is 10.5. The molecule has 4 heteroatoms. The van der Waals surface area contributed by atoms with Gasteiger partial charge in [-0.3, -0.25) is 0 Å². The fourth-order valence-corrected chi connectivity index (χ4v) is 8.34. The minimum absolute atomic E-state index is 0.101. The molecule has 0 saturated heterocycles. The lowest BCUT2D eigenvalue weighted by Gasteiger charge is -2.69. The zero-order valence-corrected chi connectivity index (χ0v) is 22.1. The van der Waals surface area contributed by atoms with Gasteiger partial charge in [0.05, 0.1) is 13.2 Å². The second-order valence-corrected chi connectivity index (χ2v) is 12.2. The first-order valence-electron chi connectivity index (χ1n) is 13.3. The summed E-state index contributed by atoms with van der Waals surface area (Å²) in [5.41, 5.74) is 3.06. The molecule has 34 heavy (non-hydrogen) atoms. The zero-order chi connectivity index (χ0) is 23.8. The van der Waals surface area contributed by atoms with Crippen LogP contribution >= 0.6 is 23.2 Å². The van der Waals surface area contributed by atoms with Gasteiger partial charge in [0.1, 0.15) is 15.8 Å². The average Bonchev–Trinajstić information content (AvgIpc) is 2.86. The summed E-state index contributed by atoms with van der Waals surface area (Å²) in [5, 5.41) is 0. The molecule has 0 bridgehead atoms. The lowest BCUT2D eigenvalue weighted by atomic mass is 9.43. The van der Waals surface area contributed by atoms with Gasteiger partial charge in [0, 0.05) is 10.8 Å². The monoisotopic (exact) mass is 500 g/mol. The fraction of sp³-hybridized carbons (Fsp3) is 0.600. The van der Waals surface area contributed by atoms with Gasteiger partial charge >= 0.3 is 0 Å². The highest BCUT2D eigenvalue weighted by Crippen LogP contribution is 2.77. The van der Waals surface area contributed by atoms with Gasteiger partial charge in [0.2, 0.25) is 0 Å². The Morgan fingerprint density at radius 2 is 1.00 bits per heavy atom.